The van der Waals surface area contributed by atoms with Gasteiger partial charge in [0.05, 0.1) is 23.8 Å². The van der Waals surface area contributed by atoms with Crippen molar-refractivity contribution in [2.75, 3.05) is 12.9 Å². The number of sulfonamides is 1. The number of rotatable bonds is 7. The van der Waals surface area contributed by atoms with Crippen LogP contribution in [0.25, 0.3) is 0 Å². The van der Waals surface area contributed by atoms with E-state index in [-0.39, 0.29) is 17.9 Å². The quantitative estimate of drug-likeness (QED) is 0.647. The van der Waals surface area contributed by atoms with E-state index < -0.39 is 37.9 Å². The van der Waals surface area contributed by atoms with E-state index in [0.717, 1.165) is 6.26 Å². The molecule has 1 unspecified atom stereocenters. The summed E-state index contributed by atoms with van der Waals surface area (Å²) in [4.78, 5) is 11.9. The number of hydrogen-bond acceptors (Lipinski definition) is 7. The first-order chi connectivity index (χ1) is 11.7. The maximum atomic E-state index is 12.0. The van der Waals surface area contributed by atoms with E-state index in [0.29, 0.717) is 5.56 Å². The number of alkyl carbamates (subject to hydrolysis) is 1. The van der Waals surface area contributed by atoms with E-state index in [1.807, 2.05) is 0 Å². The number of primary sulfonamides is 1. The molecule has 3 N–H and O–H groups in total. The minimum absolute atomic E-state index is 0.0790. The molecule has 0 fully saturated rings. The Hall–Kier alpha value is -1.69. The zero-order valence-electron chi connectivity index (χ0n) is 15.1. The van der Waals surface area contributed by atoms with Crippen LogP contribution in [-0.2, 0) is 29.1 Å². The average molecular weight is 408 g/mol. The first kappa shape index (κ1) is 22.4. The molecule has 0 spiro atoms. The fourth-order valence-corrected chi connectivity index (χ4v) is 2.89. The summed E-state index contributed by atoms with van der Waals surface area (Å²) in [5, 5.41) is 7.67. The van der Waals surface area contributed by atoms with Gasteiger partial charge >= 0.3 is 6.09 Å². The van der Waals surface area contributed by atoms with Gasteiger partial charge in [0.25, 0.3) is 10.1 Å². The van der Waals surface area contributed by atoms with Crippen LogP contribution in [0.5, 0.6) is 0 Å². The molecular formula is C15H24N2O7S2. The van der Waals surface area contributed by atoms with Crippen LogP contribution in [0.2, 0.25) is 0 Å². The number of amides is 1. The van der Waals surface area contributed by atoms with E-state index in [1.165, 1.54) is 24.3 Å². The molecule has 0 radical (unpaired) electrons. The molecule has 1 aromatic carbocycles. The van der Waals surface area contributed by atoms with Gasteiger partial charge < -0.3 is 10.1 Å². The Morgan fingerprint density at radius 2 is 1.69 bits per heavy atom. The summed E-state index contributed by atoms with van der Waals surface area (Å²) >= 11 is 0. The lowest BCUT2D eigenvalue weighted by molar-refractivity contribution is 0.0498. The normalized spacial score (nSPS) is 13.9. The molecule has 0 saturated carbocycles. The number of carbonyl (C=O) groups excluding carboxylic acids is 1. The molecule has 0 saturated heterocycles. The maximum absolute atomic E-state index is 12.0. The monoisotopic (exact) mass is 408 g/mol. The SMILES string of the molecule is CC(C)(C)OC(=O)NC(CCOS(C)(=O)=O)c1ccc(S(N)(=O)=O)cc1. The Bertz CT molecular complexity index is 826. The fourth-order valence-electron chi connectivity index (χ4n) is 1.98. The van der Waals surface area contributed by atoms with Crippen molar-refractivity contribution in [2.45, 2.75) is 43.7 Å². The third-order valence-electron chi connectivity index (χ3n) is 3.01. The average Bonchev–Trinajstić information content (AvgIpc) is 2.42. The van der Waals surface area contributed by atoms with Gasteiger partial charge in [-0.15, -0.1) is 0 Å². The summed E-state index contributed by atoms with van der Waals surface area (Å²) in [5.74, 6) is 0. The van der Waals surface area contributed by atoms with Crippen LogP contribution in [0.3, 0.4) is 0 Å². The van der Waals surface area contributed by atoms with Crippen LogP contribution < -0.4 is 10.5 Å². The summed E-state index contributed by atoms with van der Waals surface area (Å²) in [5.41, 5.74) is -0.171. The Labute approximate surface area is 154 Å². The molecule has 1 aromatic rings. The molecule has 11 heteroatoms. The molecular weight excluding hydrogens is 384 g/mol. The zero-order chi connectivity index (χ0) is 20.2. The van der Waals surface area contributed by atoms with Gasteiger partial charge in [-0.1, -0.05) is 12.1 Å². The van der Waals surface area contributed by atoms with Crippen molar-refractivity contribution in [3.8, 4) is 0 Å². The highest BCUT2D eigenvalue weighted by Gasteiger charge is 2.21. The fraction of sp³-hybridized carbons (Fsp3) is 0.533. The Morgan fingerprint density at radius 3 is 2.12 bits per heavy atom. The van der Waals surface area contributed by atoms with Crippen molar-refractivity contribution in [2.24, 2.45) is 5.14 Å². The summed E-state index contributed by atoms with van der Waals surface area (Å²) in [7, 11) is -7.47. The Balaban J connectivity index is 2.97. The Kier molecular flexibility index (Phi) is 7.17. The van der Waals surface area contributed by atoms with Gasteiger partial charge in [-0.2, -0.15) is 8.42 Å². The van der Waals surface area contributed by atoms with Crippen molar-refractivity contribution in [1.82, 2.24) is 5.32 Å². The number of hydrogen-bond donors (Lipinski definition) is 2. The lowest BCUT2D eigenvalue weighted by atomic mass is 10.0. The van der Waals surface area contributed by atoms with E-state index in [9.17, 15) is 21.6 Å². The van der Waals surface area contributed by atoms with Crippen molar-refractivity contribution in [3.05, 3.63) is 29.8 Å². The number of carbonyl (C=O) groups is 1. The van der Waals surface area contributed by atoms with Gasteiger partial charge in [-0.3, -0.25) is 4.18 Å². The van der Waals surface area contributed by atoms with E-state index >= 15 is 0 Å². The highest BCUT2D eigenvalue weighted by molar-refractivity contribution is 7.89. The smallest absolute Gasteiger partial charge is 0.408 e. The standard InChI is InChI=1S/C15H24N2O7S2/c1-15(2,3)24-14(18)17-13(9-10-23-25(4,19)20)11-5-7-12(8-6-11)26(16,21)22/h5-8,13H,9-10H2,1-4H3,(H,17,18)(H2,16,21,22). The first-order valence-electron chi connectivity index (χ1n) is 7.64. The van der Waals surface area contributed by atoms with Crippen LogP contribution in [0.4, 0.5) is 4.79 Å². The molecule has 0 aliphatic heterocycles. The van der Waals surface area contributed by atoms with Crippen LogP contribution in [-0.4, -0.2) is 41.4 Å². The first-order valence-corrected chi connectivity index (χ1v) is 11.0. The summed E-state index contributed by atoms with van der Waals surface area (Å²) < 4.78 is 54.8. The summed E-state index contributed by atoms with van der Waals surface area (Å²) in [6, 6.07) is 4.89. The van der Waals surface area contributed by atoms with Crippen LogP contribution in [0.1, 0.15) is 38.8 Å². The molecule has 0 aliphatic carbocycles. The van der Waals surface area contributed by atoms with Gasteiger partial charge in [0.15, 0.2) is 0 Å². The largest absolute Gasteiger partial charge is 0.444 e. The van der Waals surface area contributed by atoms with Crippen molar-refractivity contribution >= 4 is 26.2 Å². The lowest BCUT2D eigenvalue weighted by Gasteiger charge is -2.24. The highest BCUT2D eigenvalue weighted by atomic mass is 32.2. The van der Waals surface area contributed by atoms with E-state index in [2.05, 4.69) is 5.32 Å². The maximum Gasteiger partial charge on any atom is 0.408 e. The predicted octanol–water partition coefficient (Wildman–Crippen LogP) is 1.27. The second-order valence-electron chi connectivity index (χ2n) is 6.63. The topological polar surface area (TPSA) is 142 Å². The number of ether oxygens (including phenoxy) is 1. The molecule has 9 nitrogen and oxygen atoms in total. The minimum Gasteiger partial charge on any atom is -0.444 e. The van der Waals surface area contributed by atoms with Gasteiger partial charge in [-0.25, -0.2) is 18.4 Å². The molecule has 148 valence electrons. The van der Waals surface area contributed by atoms with Crippen LogP contribution in [0.15, 0.2) is 29.2 Å². The zero-order valence-corrected chi connectivity index (χ0v) is 16.7. The molecule has 0 bridgehead atoms. The van der Waals surface area contributed by atoms with Crippen LogP contribution >= 0.6 is 0 Å². The molecule has 26 heavy (non-hydrogen) atoms. The van der Waals surface area contributed by atoms with Gasteiger partial charge in [-0.05, 0) is 44.9 Å². The van der Waals surface area contributed by atoms with Crippen molar-refractivity contribution in [3.63, 3.8) is 0 Å². The number of benzene rings is 1. The van der Waals surface area contributed by atoms with Gasteiger partial charge in [0.1, 0.15) is 5.60 Å². The third kappa shape index (κ3) is 8.61. The van der Waals surface area contributed by atoms with Crippen LogP contribution in [0, 0.1) is 0 Å². The molecule has 1 rings (SSSR count). The second-order valence-corrected chi connectivity index (χ2v) is 9.83. The molecule has 1 atom stereocenters. The van der Waals surface area contributed by atoms with Crippen molar-refractivity contribution in [1.29, 1.82) is 0 Å². The molecule has 0 aromatic heterocycles. The second kappa shape index (κ2) is 8.33. The predicted molar refractivity (Wildman–Crippen MR) is 95.3 cm³/mol. The van der Waals surface area contributed by atoms with E-state index in [4.69, 9.17) is 14.1 Å². The Morgan fingerprint density at radius 1 is 1.15 bits per heavy atom. The number of nitrogens with two attached hydrogens (primary N) is 1. The van der Waals surface area contributed by atoms with Crippen molar-refractivity contribution < 1.29 is 30.6 Å². The highest BCUT2D eigenvalue weighted by Crippen LogP contribution is 2.20. The molecule has 0 aliphatic rings. The van der Waals surface area contributed by atoms with E-state index in [1.54, 1.807) is 20.8 Å². The molecule has 1 amide bonds. The van der Waals surface area contributed by atoms with Gasteiger partial charge in [0.2, 0.25) is 10.0 Å². The minimum atomic E-state index is -3.84. The van der Waals surface area contributed by atoms with Gasteiger partial charge in [0, 0.05) is 0 Å². The summed E-state index contributed by atoms with van der Waals surface area (Å²) in [6.07, 6.45) is 0.350. The summed E-state index contributed by atoms with van der Waals surface area (Å²) in [6.45, 7) is 4.94. The number of nitrogens with one attached hydrogen (secondary N) is 1. The lowest BCUT2D eigenvalue weighted by Crippen LogP contribution is -2.35. The molecule has 0 heterocycles. The third-order valence-corrected chi connectivity index (χ3v) is 4.53.